The summed E-state index contributed by atoms with van der Waals surface area (Å²) in [5, 5.41) is 3.75. The van der Waals surface area contributed by atoms with Gasteiger partial charge in [0, 0.05) is 16.6 Å². The van der Waals surface area contributed by atoms with Crippen LogP contribution < -0.4 is 5.32 Å². The van der Waals surface area contributed by atoms with Crippen LogP contribution in [0.25, 0.3) is 33.5 Å². The number of carbonyl (C=O) groups is 1. The summed E-state index contributed by atoms with van der Waals surface area (Å²) < 4.78 is 11.4. The highest BCUT2D eigenvalue weighted by Crippen LogP contribution is 2.26. The lowest BCUT2D eigenvalue weighted by molar-refractivity contribution is 0.0998. The lowest BCUT2D eigenvalue weighted by atomic mass is 10.2. The zero-order valence-electron chi connectivity index (χ0n) is 15.1. The molecule has 5 heteroatoms. The zero-order chi connectivity index (χ0) is 19.1. The fourth-order valence-corrected chi connectivity index (χ4v) is 3.14. The molecule has 0 unspecified atom stereocenters. The van der Waals surface area contributed by atoms with E-state index in [1.807, 2.05) is 73.7 Å². The first-order chi connectivity index (χ1) is 13.7. The molecule has 2 aromatic heterocycles. The van der Waals surface area contributed by atoms with E-state index >= 15 is 0 Å². The average Bonchev–Trinajstić information content (AvgIpc) is 3.32. The van der Waals surface area contributed by atoms with E-state index in [9.17, 15) is 4.79 Å². The van der Waals surface area contributed by atoms with Crippen molar-refractivity contribution in [3.8, 4) is 11.5 Å². The van der Waals surface area contributed by atoms with Crippen LogP contribution in [0.2, 0.25) is 0 Å². The Balaban J connectivity index is 1.37. The Morgan fingerprint density at radius 2 is 1.71 bits per heavy atom. The summed E-state index contributed by atoms with van der Waals surface area (Å²) in [5.74, 6) is 0.539. The summed E-state index contributed by atoms with van der Waals surface area (Å²) in [5.41, 5.74) is 4.92. The minimum absolute atomic E-state index is 0.277. The minimum Gasteiger partial charge on any atom is -0.451 e. The maximum absolute atomic E-state index is 12.5. The van der Waals surface area contributed by atoms with Crippen LogP contribution in [0, 0.1) is 6.92 Å². The molecule has 0 saturated heterocycles. The van der Waals surface area contributed by atoms with Gasteiger partial charge in [0.05, 0.1) is 0 Å². The van der Waals surface area contributed by atoms with Gasteiger partial charge in [0.1, 0.15) is 11.1 Å². The van der Waals surface area contributed by atoms with Crippen LogP contribution in [0.3, 0.4) is 0 Å². The van der Waals surface area contributed by atoms with Crippen molar-refractivity contribution in [2.24, 2.45) is 0 Å². The Hall–Kier alpha value is -3.86. The molecule has 0 aliphatic carbocycles. The Morgan fingerprint density at radius 3 is 2.54 bits per heavy atom. The van der Waals surface area contributed by atoms with Gasteiger partial charge in [-0.15, -0.1) is 0 Å². The molecule has 0 fully saturated rings. The number of nitrogens with zero attached hydrogens (tertiary/aromatic N) is 1. The smallest absolute Gasteiger partial charge is 0.291 e. The van der Waals surface area contributed by atoms with Gasteiger partial charge in [-0.1, -0.05) is 24.3 Å². The number of fused-ring (bicyclic) bond motifs is 2. The van der Waals surface area contributed by atoms with Crippen molar-refractivity contribution in [2.75, 3.05) is 5.32 Å². The molecule has 5 nitrogen and oxygen atoms in total. The number of furan rings is 1. The maximum Gasteiger partial charge on any atom is 0.291 e. The molecule has 0 spiro atoms. The molecular formula is C23H16N2O3. The molecule has 1 N–H and O–H groups in total. The maximum atomic E-state index is 12.5. The topological polar surface area (TPSA) is 68.3 Å². The van der Waals surface area contributed by atoms with Gasteiger partial charge in [-0.2, -0.15) is 0 Å². The molecule has 2 heterocycles. The number of rotatable bonds is 3. The second kappa shape index (κ2) is 6.39. The van der Waals surface area contributed by atoms with Gasteiger partial charge in [-0.05, 0) is 61.0 Å². The van der Waals surface area contributed by atoms with Gasteiger partial charge in [-0.25, -0.2) is 4.98 Å². The first kappa shape index (κ1) is 16.3. The minimum atomic E-state index is -0.290. The molecule has 0 atom stereocenters. The summed E-state index contributed by atoms with van der Waals surface area (Å²) >= 11 is 0. The summed E-state index contributed by atoms with van der Waals surface area (Å²) in [6.45, 7) is 2.02. The predicted octanol–water partition coefficient (Wildman–Crippen LogP) is 5.80. The number of anilines is 1. The van der Waals surface area contributed by atoms with E-state index in [4.69, 9.17) is 8.83 Å². The first-order valence-electron chi connectivity index (χ1n) is 8.93. The second-order valence-corrected chi connectivity index (χ2v) is 6.67. The van der Waals surface area contributed by atoms with Gasteiger partial charge in [0.15, 0.2) is 11.3 Å². The van der Waals surface area contributed by atoms with Crippen molar-refractivity contribution < 1.29 is 13.6 Å². The second-order valence-electron chi connectivity index (χ2n) is 6.67. The number of benzene rings is 3. The molecule has 5 rings (SSSR count). The summed E-state index contributed by atoms with van der Waals surface area (Å²) in [6.07, 6.45) is 0. The normalized spacial score (nSPS) is 11.2. The van der Waals surface area contributed by atoms with E-state index in [-0.39, 0.29) is 11.7 Å². The zero-order valence-corrected chi connectivity index (χ0v) is 15.1. The molecule has 0 aliphatic heterocycles. The fraction of sp³-hybridized carbons (Fsp3) is 0.0435. The van der Waals surface area contributed by atoms with E-state index in [1.165, 1.54) is 0 Å². The van der Waals surface area contributed by atoms with E-state index in [0.717, 1.165) is 27.6 Å². The monoisotopic (exact) mass is 368 g/mol. The number of aryl methyl sites for hydroxylation is 1. The number of oxazole rings is 1. The van der Waals surface area contributed by atoms with Crippen LogP contribution in [-0.2, 0) is 0 Å². The van der Waals surface area contributed by atoms with Crippen LogP contribution in [0.4, 0.5) is 5.69 Å². The molecule has 0 bridgehead atoms. The molecule has 3 aromatic carbocycles. The van der Waals surface area contributed by atoms with Crippen molar-refractivity contribution in [1.82, 2.24) is 4.98 Å². The number of para-hydroxylation sites is 1. The summed E-state index contributed by atoms with van der Waals surface area (Å²) in [6, 6.07) is 22.5. The van der Waals surface area contributed by atoms with E-state index in [2.05, 4.69) is 10.3 Å². The molecule has 0 aliphatic rings. The Morgan fingerprint density at radius 1 is 0.893 bits per heavy atom. The predicted molar refractivity (Wildman–Crippen MR) is 108 cm³/mol. The quantitative estimate of drug-likeness (QED) is 0.437. The molecule has 5 aromatic rings. The number of amides is 1. The summed E-state index contributed by atoms with van der Waals surface area (Å²) in [4.78, 5) is 17.0. The molecule has 0 radical (unpaired) electrons. The largest absolute Gasteiger partial charge is 0.451 e. The lowest BCUT2D eigenvalue weighted by Gasteiger charge is -2.03. The number of aromatic nitrogens is 1. The van der Waals surface area contributed by atoms with Crippen molar-refractivity contribution in [1.29, 1.82) is 0 Å². The number of carbonyl (C=O) groups excluding carboxylic acids is 1. The van der Waals surface area contributed by atoms with Gasteiger partial charge in [0.25, 0.3) is 5.91 Å². The van der Waals surface area contributed by atoms with Crippen LogP contribution in [-0.4, -0.2) is 10.9 Å². The third-order valence-corrected chi connectivity index (χ3v) is 4.58. The molecule has 136 valence electrons. The third kappa shape index (κ3) is 2.93. The van der Waals surface area contributed by atoms with Gasteiger partial charge in [-0.3, -0.25) is 4.79 Å². The SMILES string of the molecule is Cc1ccc2oc(-c3ccc(NC(=O)c4cc5ccccc5o4)cc3)nc2c1. The highest BCUT2D eigenvalue weighted by Gasteiger charge is 2.13. The Labute approximate surface area is 160 Å². The van der Waals surface area contributed by atoms with Crippen LogP contribution >= 0.6 is 0 Å². The van der Waals surface area contributed by atoms with Crippen molar-refractivity contribution >= 4 is 33.7 Å². The van der Waals surface area contributed by atoms with E-state index in [1.54, 1.807) is 6.07 Å². The number of hydrogen-bond donors (Lipinski definition) is 1. The fourth-order valence-electron chi connectivity index (χ4n) is 3.14. The van der Waals surface area contributed by atoms with Crippen LogP contribution in [0.1, 0.15) is 16.1 Å². The van der Waals surface area contributed by atoms with Gasteiger partial charge >= 0.3 is 0 Å². The molecule has 28 heavy (non-hydrogen) atoms. The molecular weight excluding hydrogens is 352 g/mol. The number of hydrogen-bond acceptors (Lipinski definition) is 4. The standard InChI is InChI=1S/C23H16N2O3/c1-14-6-11-20-18(12-14)25-23(28-20)15-7-9-17(10-8-15)24-22(26)21-13-16-4-2-3-5-19(16)27-21/h2-13H,1H3,(H,24,26). The third-order valence-electron chi connectivity index (χ3n) is 4.58. The van der Waals surface area contributed by atoms with Crippen molar-refractivity contribution in [3.63, 3.8) is 0 Å². The van der Waals surface area contributed by atoms with Crippen LogP contribution in [0.5, 0.6) is 0 Å². The lowest BCUT2D eigenvalue weighted by Crippen LogP contribution is -2.10. The van der Waals surface area contributed by atoms with Gasteiger partial charge < -0.3 is 14.2 Å². The molecule has 1 amide bonds. The summed E-state index contributed by atoms with van der Waals surface area (Å²) in [7, 11) is 0. The Kier molecular flexibility index (Phi) is 3.72. The van der Waals surface area contributed by atoms with Crippen LogP contribution in [0.15, 0.2) is 81.6 Å². The van der Waals surface area contributed by atoms with E-state index in [0.29, 0.717) is 17.2 Å². The highest BCUT2D eigenvalue weighted by molar-refractivity contribution is 6.04. The van der Waals surface area contributed by atoms with Crippen molar-refractivity contribution in [2.45, 2.75) is 6.92 Å². The van der Waals surface area contributed by atoms with Gasteiger partial charge in [0.2, 0.25) is 5.89 Å². The molecule has 0 saturated carbocycles. The van der Waals surface area contributed by atoms with E-state index < -0.39 is 0 Å². The average molecular weight is 368 g/mol. The highest BCUT2D eigenvalue weighted by atomic mass is 16.4. The number of nitrogens with one attached hydrogen (secondary N) is 1. The Bertz CT molecular complexity index is 1280. The first-order valence-corrected chi connectivity index (χ1v) is 8.93. The van der Waals surface area contributed by atoms with Crippen molar-refractivity contribution in [3.05, 3.63) is 84.1 Å².